The van der Waals surface area contributed by atoms with Crippen molar-refractivity contribution in [2.75, 3.05) is 5.32 Å². The minimum absolute atomic E-state index is 0.0533. The van der Waals surface area contributed by atoms with E-state index in [4.69, 9.17) is 0 Å². The third-order valence-electron chi connectivity index (χ3n) is 4.22. The lowest BCUT2D eigenvalue weighted by Gasteiger charge is -2.12. The highest BCUT2D eigenvalue weighted by Gasteiger charge is 2.14. The zero-order chi connectivity index (χ0) is 20.3. The quantitative estimate of drug-likeness (QED) is 0.657. The molecule has 8 heteroatoms. The average Bonchev–Trinajstić information content (AvgIpc) is 3.31. The highest BCUT2D eigenvalue weighted by molar-refractivity contribution is 7.14. The smallest absolute Gasteiger partial charge is 0.277 e. The number of aromatic nitrogens is 3. The number of nitrogens with one attached hydrogen (secondary N) is 2. The molecule has 0 saturated carbocycles. The molecule has 0 fully saturated rings. The maximum atomic E-state index is 12.3. The normalized spacial score (nSPS) is 12.0. The van der Waals surface area contributed by atoms with Gasteiger partial charge < -0.3 is 5.32 Å². The van der Waals surface area contributed by atoms with Crippen LogP contribution in [0.5, 0.6) is 0 Å². The van der Waals surface area contributed by atoms with Crippen LogP contribution >= 0.6 is 11.3 Å². The summed E-state index contributed by atoms with van der Waals surface area (Å²) in [7, 11) is 0. The molecule has 0 aliphatic carbocycles. The van der Waals surface area contributed by atoms with Crippen LogP contribution in [-0.4, -0.2) is 26.6 Å². The number of hydrogen-bond acceptors (Lipinski definition) is 5. The summed E-state index contributed by atoms with van der Waals surface area (Å²) in [5, 5.41) is 12.3. The summed E-state index contributed by atoms with van der Waals surface area (Å²) in [5.41, 5.74) is 3.11. The van der Waals surface area contributed by atoms with E-state index in [1.54, 1.807) is 16.9 Å². The fraction of sp³-hybridized carbons (Fsp3) is 0.300. The summed E-state index contributed by atoms with van der Waals surface area (Å²) in [5.74, 6) is -0.338. The van der Waals surface area contributed by atoms with Gasteiger partial charge in [0.15, 0.2) is 10.8 Å². The van der Waals surface area contributed by atoms with Gasteiger partial charge in [-0.1, -0.05) is 24.3 Å². The number of amides is 2. The Labute approximate surface area is 167 Å². The fourth-order valence-corrected chi connectivity index (χ4v) is 3.42. The number of anilines is 1. The Balaban J connectivity index is 1.68. The molecule has 1 aromatic carbocycles. The molecule has 2 N–H and O–H groups in total. The van der Waals surface area contributed by atoms with Gasteiger partial charge in [-0.05, 0) is 32.4 Å². The monoisotopic (exact) mass is 397 g/mol. The number of carbonyl (C=O) groups is 2. The molecule has 0 aliphatic heterocycles. The van der Waals surface area contributed by atoms with Gasteiger partial charge in [0.25, 0.3) is 5.91 Å². The molecule has 3 rings (SSSR count). The zero-order valence-electron chi connectivity index (χ0n) is 16.3. The summed E-state index contributed by atoms with van der Waals surface area (Å²) in [6, 6.07) is 9.68. The number of benzene rings is 1. The van der Waals surface area contributed by atoms with Crippen molar-refractivity contribution in [3.05, 3.63) is 53.2 Å². The van der Waals surface area contributed by atoms with Crippen molar-refractivity contribution in [2.24, 2.45) is 0 Å². The lowest BCUT2D eigenvalue weighted by Crippen LogP contribution is -2.23. The number of thiazole rings is 1. The first-order chi connectivity index (χ1) is 13.3. The van der Waals surface area contributed by atoms with E-state index in [1.165, 1.54) is 18.3 Å². The Morgan fingerprint density at radius 3 is 2.43 bits per heavy atom. The Bertz CT molecular complexity index is 975. The predicted octanol–water partition coefficient (Wildman–Crippen LogP) is 4.04. The van der Waals surface area contributed by atoms with Crippen LogP contribution < -0.4 is 10.6 Å². The molecule has 2 amide bonds. The molecular formula is C20H23N5O2S. The first kappa shape index (κ1) is 19.8. The highest BCUT2D eigenvalue weighted by Crippen LogP contribution is 2.26. The Morgan fingerprint density at radius 2 is 1.82 bits per heavy atom. The summed E-state index contributed by atoms with van der Waals surface area (Å²) in [4.78, 5) is 28.0. The molecule has 7 nitrogen and oxygen atoms in total. The molecule has 1 atom stereocenters. The van der Waals surface area contributed by atoms with E-state index >= 15 is 0 Å². The minimum Gasteiger partial charge on any atom is -0.350 e. The van der Waals surface area contributed by atoms with Gasteiger partial charge in [-0.15, -0.1) is 11.3 Å². The van der Waals surface area contributed by atoms with Crippen LogP contribution in [0.1, 0.15) is 55.8 Å². The molecule has 0 aliphatic rings. The Morgan fingerprint density at radius 1 is 1.11 bits per heavy atom. The van der Waals surface area contributed by atoms with E-state index in [9.17, 15) is 9.59 Å². The molecule has 2 aromatic heterocycles. The fourth-order valence-electron chi connectivity index (χ4n) is 2.70. The lowest BCUT2D eigenvalue weighted by atomic mass is 10.1. The molecular weight excluding hydrogens is 374 g/mol. The van der Waals surface area contributed by atoms with Gasteiger partial charge in [0.2, 0.25) is 5.91 Å². The topological polar surface area (TPSA) is 88.9 Å². The predicted molar refractivity (Wildman–Crippen MR) is 110 cm³/mol. The van der Waals surface area contributed by atoms with E-state index < -0.39 is 0 Å². The van der Waals surface area contributed by atoms with Crippen LogP contribution in [0.15, 0.2) is 41.9 Å². The zero-order valence-corrected chi connectivity index (χ0v) is 17.1. The van der Waals surface area contributed by atoms with Crippen molar-refractivity contribution in [2.45, 2.75) is 39.8 Å². The van der Waals surface area contributed by atoms with Crippen LogP contribution in [-0.2, 0) is 4.79 Å². The van der Waals surface area contributed by atoms with Crippen molar-refractivity contribution >= 4 is 28.3 Å². The maximum absolute atomic E-state index is 12.3. The second-order valence-electron chi connectivity index (χ2n) is 6.81. The first-order valence-corrected chi connectivity index (χ1v) is 9.91. The van der Waals surface area contributed by atoms with Crippen molar-refractivity contribution in [3.8, 4) is 11.3 Å². The number of carbonyl (C=O) groups excluding carboxylic acids is 2. The molecule has 0 saturated heterocycles. The minimum atomic E-state index is -0.278. The standard InChI is InChI=1S/C20H23N5O2S/c1-12(2)25-10-9-17(24-25)19(27)23-20-22-18(11-28-20)16-7-5-15(6-8-16)13(3)21-14(4)26/h5-13H,1-4H3,(H,21,26)(H,22,23,27)/t13-/m0/s1. The van der Waals surface area contributed by atoms with Gasteiger partial charge >= 0.3 is 0 Å². The molecule has 0 bridgehead atoms. The molecule has 28 heavy (non-hydrogen) atoms. The maximum Gasteiger partial charge on any atom is 0.277 e. The van der Waals surface area contributed by atoms with E-state index in [2.05, 4.69) is 20.7 Å². The van der Waals surface area contributed by atoms with Gasteiger partial charge in [-0.2, -0.15) is 5.10 Å². The Kier molecular flexibility index (Phi) is 5.89. The molecule has 2 heterocycles. The van der Waals surface area contributed by atoms with Gasteiger partial charge in [0, 0.05) is 30.1 Å². The number of rotatable bonds is 6. The van der Waals surface area contributed by atoms with Gasteiger partial charge in [0.1, 0.15) is 0 Å². The van der Waals surface area contributed by atoms with E-state index in [-0.39, 0.29) is 23.9 Å². The third-order valence-corrected chi connectivity index (χ3v) is 4.98. The summed E-state index contributed by atoms with van der Waals surface area (Å²) < 4.78 is 1.74. The number of nitrogens with zero attached hydrogens (tertiary/aromatic N) is 3. The van der Waals surface area contributed by atoms with E-state index in [0.717, 1.165) is 16.8 Å². The van der Waals surface area contributed by atoms with Gasteiger partial charge in [-0.25, -0.2) is 4.98 Å². The van der Waals surface area contributed by atoms with Crippen LogP contribution in [0.2, 0.25) is 0 Å². The second-order valence-corrected chi connectivity index (χ2v) is 7.67. The van der Waals surface area contributed by atoms with Crippen molar-refractivity contribution < 1.29 is 9.59 Å². The molecule has 146 valence electrons. The van der Waals surface area contributed by atoms with Gasteiger partial charge in [-0.3, -0.25) is 19.6 Å². The number of hydrogen-bond donors (Lipinski definition) is 2. The van der Waals surface area contributed by atoms with Crippen LogP contribution in [0.25, 0.3) is 11.3 Å². The molecule has 3 aromatic rings. The molecule has 0 radical (unpaired) electrons. The SMILES string of the molecule is CC(=O)N[C@@H](C)c1ccc(-c2csc(NC(=O)c3ccn(C(C)C)n3)n2)cc1. The Hall–Kier alpha value is -3.00. The third kappa shape index (κ3) is 4.64. The summed E-state index contributed by atoms with van der Waals surface area (Å²) in [6.45, 7) is 7.45. The molecule has 0 spiro atoms. The largest absolute Gasteiger partial charge is 0.350 e. The van der Waals surface area contributed by atoms with Crippen molar-refractivity contribution in [1.29, 1.82) is 0 Å². The van der Waals surface area contributed by atoms with Crippen molar-refractivity contribution in [3.63, 3.8) is 0 Å². The van der Waals surface area contributed by atoms with Crippen LogP contribution in [0.3, 0.4) is 0 Å². The summed E-state index contributed by atoms with van der Waals surface area (Å²) >= 11 is 1.36. The lowest BCUT2D eigenvalue weighted by molar-refractivity contribution is -0.119. The first-order valence-electron chi connectivity index (χ1n) is 9.03. The van der Waals surface area contributed by atoms with E-state index in [0.29, 0.717) is 10.8 Å². The van der Waals surface area contributed by atoms with Crippen LogP contribution in [0, 0.1) is 0 Å². The molecule has 0 unspecified atom stereocenters. The van der Waals surface area contributed by atoms with Gasteiger partial charge in [0.05, 0.1) is 11.7 Å². The summed E-state index contributed by atoms with van der Waals surface area (Å²) in [6.07, 6.45) is 1.79. The van der Waals surface area contributed by atoms with Crippen LogP contribution in [0.4, 0.5) is 5.13 Å². The highest BCUT2D eigenvalue weighted by atomic mass is 32.1. The average molecular weight is 398 g/mol. The second kappa shape index (κ2) is 8.35. The van der Waals surface area contributed by atoms with E-state index in [1.807, 2.05) is 50.4 Å². The van der Waals surface area contributed by atoms with Crippen molar-refractivity contribution in [1.82, 2.24) is 20.1 Å².